The van der Waals surface area contributed by atoms with Crippen molar-refractivity contribution in [1.82, 2.24) is 10.3 Å². The molecular formula is C16H15FN2O3. The minimum absolute atomic E-state index is 0.109. The predicted molar refractivity (Wildman–Crippen MR) is 79.0 cm³/mol. The summed E-state index contributed by atoms with van der Waals surface area (Å²) in [6, 6.07) is 5.54. The summed E-state index contributed by atoms with van der Waals surface area (Å²) < 4.78 is 18.9. The highest BCUT2D eigenvalue weighted by Gasteiger charge is 2.17. The standard InChI is InChI=1S/C16H15FN2O3/c1-3-19-15(20)13-9-18-7-6-11(13)12-5-4-10(8-14(12)17)16(21)22-2/h4-9H,3H2,1-2H3,(H,19,20). The summed E-state index contributed by atoms with van der Waals surface area (Å²) >= 11 is 0. The van der Waals surface area contributed by atoms with Gasteiger partial charge in [-0.1, -0.05) is 6.07 Å². The molecule has 0 unspecified atom stereocenters. The molecular weight excluding hydrogens is 287 g/mol. The summed E-state index contributed by atoms with van der Waals surface area (Å²) in [5.41, 5.74) is 1.01. The Hall–Kier alpha value is -2.76. The van der Waals surface area contributed by atoms with Crippen molar-refractivity contribution in [3.63, 3.8) is 0 Å². The monoisotopic (exact) mass is 302 g/mol. The Balaban J connectivity index is 2.49. The summed E-state index contributed by atoms with van der Waals surface area (Å²) in [6.07, 6.45) is 2.86. The van der Waals surface area contributed by atoms with E-state index >= 15 is 0 Å². The van der Waals surface area contributed by atoms with E-state index in [0.717, 1.165) is 6.07 Å². The first-order chi connectivity index (χ1) is 10.6. The first-order valence-electron chi connectivity index (χ1n) is 6.69. The van der Waals surface area contributed by atoms with Crippen LogP contribution in [0.3, 0.4) is 0 Å². The van der Waals surface area contributed by atoms with E-state index in [4.69, 9.17) is 0 Å². The lowest BCUT2D eigenvalue weighted by Crippen LogP contribution is -2.23. The zero-order valence-electron chi connectivity index (χ0n) is 12.2. The van der Waals surface area contributed by atoms with Gasteiger partial charge < -0.3 is 10.1 Å². The van der Waals surface area contributed by atoms with Crippen molar-refractivity contribution in [1.29, 1.82) is 0 Å². The number of halogens is 1. The summed E-state index contributed by atoms with van der Waals surface area (Å²) in [6.45, 7) is 2.25. The van der Waals surface area contributed by atoms with Crippen LogP contribution in [0.1, 0.15) is 27.6 Å². The number of nitrogens with one attached hydrogen (secondary N) is 1. The van der Waals surface area contributed by atoms with Gasteiger partial charge in [-0.15, -0.1) is 0 Å². The first kappa shape index (κ1) is 15.6. The first-order valence-corrected chi connectivity index (χ1v) is 6.69. The van der Waals surface area contributed by atoms with Crippen LogP contribution >= 0.6 is 0 Å². The molecule has 2 aromatic rings. The van der Waals surface area contributed by atoms with Gasteiger partial charge in [0.25, 0.3) is 5.91 Å². The van der Waals surface area contributed by atoms with Crippen LogP contribution in [0.5, 0.6) is 0 Å². The number of benzene rings is 1. The minimum Gasteiger partial charge on any atom is -0.465 e. The number of carbonyl (C=O) groups is 2. The van der Waals surface area contributed by atoms with E-state index in [1.54, 1.807) is 13.0 Å². The number of hydrogen-bond donors (Lipinski definition) is 1. The molecule has 1 amide bonds. The topological polar surface area (TPSA) is 68.3 Å². The zero-order valence-corrected chi connectivity index (χ0v) is 12.2. The van der Waals surface area contributed by atoms with Crippen LogP contribution in [-0.2, 0) is 4.74 Å². The van der Waals surface area contributed by atoms with Crippen LogP contribution < -0.4 is 5.32 Å². The van der Waals surface area contributed by atoms with Crippen LogP contribution in [0.2, 0.25) is 0 Å². The molecule has 114 valence electrons. The van der Waals surface area contributed by atoms with Crippen molar-refractivity contribution in [3.8, 4) is 11.1 Å². The third-order valence-corrected chi connectivity index (χ3v) is 3.08. The molecule has 1 N–H and O–H groups in total. The maximum atomic E-state index is 14.3. The number of carbonyl (C=O) groups excluding carboxylic acids is 2. The smallest absolute Gasteiger partial charge is 0.337 e. The van der Waals surface area contributed by atoms with Crippen molar-refractivity contribution >= 4 is 11.9 Å². The molecule has 1 heterocycles. The lowest BCUT2D eigenvalue weighted by molar-refractivity contribution is 0.0600. The second-order valence-electron chi connectivity index (χ2n) is 4.47. The average Bonchev–Trinajstić information content (AvgIpc) is 2.54. The van der Waals surface area contributed by atoms with E-state index in [1.807, 2.05) is 0 Å². The number of methoxy groups -OCH3 is 1. The van der Waals surface area contributed by atoms with Gasteiger partial charge in [-0.3, -0.25) is 9.78 Å². The molecule has 1 aromatic heterocycles. The number of rotatable bonds is 4. The molecule has 2 rings (SSSR count). The number of ether oxygens (including phenoxy) is 1. The Morgan fingerprint density at radius 3 is 2.68 bits per heavy atom. The van der Waals surface area contributed by atoms with E-state index in [0.29, 0.717) is 12.1 Å². The number of esters is 1. The summed E-state index contributed by atoms with van der Waals surface area (Å²) in [5.74, 6) is -1.56. The van der Waals surface area contributed by atoms with Gasteiger partial charge in [-0.25, -0.2) is 9.18 Å². The van der Waals surface area contributed by atoms with Crippen LogP contribution in [0, 0.1) is 5.82 Å². The lowest BCUT2D eigenvalue weighted by Gasteiger charge is -2.10. The SMILES string of the molecule is CCNC(=O)c1cnccc1-c1ccc(C(=O)OC)cc1F. The number of amides is 1. The van der Waals surface area contributed by atoms with Crippen LogP contribution in [0.25, 0.3) is 11.1 Å². The van der Waals surface area contributed by atoms with Gasteiger partial charge in [0.05, 0.1) is 18.2 Å². The Morgan fingerprint density at radius 1 is 1.27 bits per heavy atom. The summed E-state index contributed by atoms with van der Waals surface area (Å²) in [5, 5.41) is 2.65. The largest absolute Gasteiger partial charge is 0.465 e. The van der Waals surface area contributed by atoms with E-state index in [-0.39, 0.29) is 22.6 Å². The second kappa shape index (κ2) is 6.80. The second-order valence-corrected chi connectivity index (χ2v) is 4.47. The average molecular weight is 302 g/mol. The maximum Gasteiger partial charge on any atom is 0.337 e. The molecule has 0 fully saturated rings. The molecule has 0 spiro atoms. The molecule has 0 saturated carbocycles. The highest BCUT2D eigenvalue weighted by molar-refractivity contribution is 6.00. The van der Waals surface area contributed by atoms with Crippen molar-refractivity contribution in [2.24, 2.45) is 0 Å². The predicted octanol–water partition coefficient (Wildman–Crippen LogP) is 2.42. The van der Waals surface area contributed by atoms with Gasteiger partial charge >= 0.3 is 5.97 Å². The minimum atomic E-state index is -0.621. The Morgan fingerprint density at radius 2 is 2.05 bits per heavy atom. The van der Waals surface area contributed by atoms with Crippen molar-refractivity contribution in [3.05, 3.63) is 53.6 Å². The zero-order chi connectivity index (χ0) is 16.1. The molecule has 0 aliphatic rings. The molecule has 0 radical (unpaired) electrons. The Bertz CT molecular complexity index is 716. The number of hydrogen-bond acceptors (Lipinski definition) is 4. The van der Waals surface area contributed by atoms with Crippen LogP contribution in [-0.4, -0.2) is 30.5 Å². The molecule has 1 aromatic carbocycles. The fraction of sp³-hybridized carbons (Fsp3) is 0.188. The molecule has 22 heavy (non-hydrogen) atoms. The number of nitrogens with zero attached hydrogens (tertiary/aromatic N) is 1. The van der Waals surface area contributed by atoms with Gasteiger partial charge in [-0.2, -0.15) is 0 Å². The van der Waals surface area contributed by atoms with Crippen molar-refractivity contribution in [2.45, 2.75) is 6.92 Å². The van der Waals surface area contributed by atoms with E-state index in [9.17, 15) is 14.0 Å². The molecule has 0 bridgehead atoms. The Labute approximate surface area is 127 Å². The van der Waals surface area contributed by atoms with Gasteiger partial charge in [0, 0.05) is 30.1 Å². The molecule has 0 aliphatic heterocycles. The maximum absolute atomic E-state index is 14.3. The van der Waals surface area contributed by atoms with Gasteiger partial charge in [0.15, 0.2) is 0 Å². The lowest BCUT2D eigenvalue weighted by atomic mass is 9.99. The molecule has 5 nitrogen and oxygen atoms in total. The summed E-state index contributed by atoms with van der Waals surface area (Å²) in [4.78, 5) is 27.3. The molecule has 0 atom stereocenters. The summed E-state index contributed by atoms with van der Waals surface area (Å²) in [7, 11) is 1.23. The fourth-order valence-corrected chi connectivity index (χ4v) is 2.04. The van der Waals surface area contributed by atoms with Crippen LogP contribution in [0.15, 0.2) is 36.7 Å². The van der Waals surface area contributed by atoms with Crippen molar-refractivity contribution < 1.29 is 18.7 Å². The van der Waals surface area contributed by atoms with Gasteiger partial charge in [0.2, 0.25) is 0 Å². The van der Waals surface area contributed by atoms with Crippen molar-refractivity contribution in [2.75, 3.05) is 13.7 Å². The van der Waals surface area contributed by atoms with Crippen LogP contribution in [0.4, 0.5) is 4.39 Å². The number of pyridine rings is 1. The Kier molecular flexibility index (Phi) is 4.83. The van der Waals surface area contributed by atoms with E-state index in [1.165, 1.54) is 31.6 Å². The number of aromatic nitrogens is 1. The molecule has 0 aliphatic carbocycles. The van der Waals surface area contributed by atoms with E-state index in [2.05, 4.69) is 15.0 Å². The van der Waals surface area contributed by atoms with Gasteiger partial charge in [-0.05, 0) is 25.1 Å². The normalized spacial score (nSPS) is 10.1. The molecule has 0 saturated heterocycles. The fourth-order valence-electron chi connectivity index (χ4n) is 2.04. The van der Waals surface area contributed by atoms with E-state index < -0.39 is 11.8 Å². The third-order valence-electron chi connectivity index (χ3n) is 3.08. The van der Waals surface area contributed by atoms with Gasteiger partial charge in [0.1, 0.15) is 5.82 Å². The third kappa shape index (κ3) is 3.11. The molecule has 6 heteroatoms. The quantitative estimate of drug-likeness (QED) is 0.881. The highest BCUT2D eigenvalue weighted by atomic mass is 19.1. The highest BCUT2D eigenvalue weighted by Crippen LogP contribution is 2.26.